The van der Waals surface area contributed by atoms with Gasteiger partial charge in [0.15, 0.2) is 0 Å². The standard InChI is InChI=1S/C14H9NO2S2/c16-8-9-2-1-3-10(6-9)15-14(17)13-7-12-11(19-13)4-5-18-12/h1-8H,(H,15,17). The molecule has 0 aliphatic heterocycles. The Morgan fingerprint density at radius 3 is 2.84 bits per heavy atom. The van der Waals surface area contributed by atoms with E-state index in [-0.39, 0.29) is 5.91 Å². The molecule has 94 valence electrons. The van der Waals surface area contributed by atoms with Crippen molar-refractivity contribution in [3.05, 3.63) is 52.2 Å². The number of fused-ring (bicyclic) bond motifs is 1. The average Bonchev–Trinajstić information content (AvgIpc) is 2.99. The number of benzene rings is 1. The topological polar surface area (TPSA) is 46.2 Å². The van der Waals surface area contributed by atoms with Gasteiger partial charge in [0, 0.05) is 20.7 Å². The Kier molecular flexibility index (Phi) is 3.15. The number of anilines is 1. The molecule has 1 aromatic carbocycles. The number of aldehydes is 1. The lowest BCUT2D eigenvalue weighted by atomic mass is 10.2. The van der Waals surface area contributed by atoms with Crippen LogP contribution < -0.4 is 5.32 Å². The van der Waals surface area contributed by atoms with Crippen LogP contribution in [0, 0.1) is 0 Å². The van der Waals surface area contributed by atoms with Crippen molar-refractivity contribution in [1.82, 2.24) is 0 Å². The number of hydrogen-bond acceptors (Lipinski definition) is 4. The van der Waals surface area contributed by atoms with Gasteiger partial charge in [0.05, 0.1) is 4.88 Å². The molecule has 0 aliphatic carbocycles. The normalized spacial score (nSPS) is 10.5. The Morgan fingerprint density at radius 2 is 2.05 bits per heavy atom. The second-order valence-corrected chi connectivity index (χ2v) is 5.99. The van der Waals surface area contributed by atoms with Crippen LogP contribution in [0.4, 0.5) is 5.69 Å². The van der Waals surface area contributed by atoms with Crippen molar-refractivity contribution in [2.45, 2.75) is 0 Å². The molecule has 0 spiro atoms. The summed E-state index contributed by atoms with van der Waals surface area (Å²) >= 11 is 3.09. The summed E-state index contributed by atoms with van der Waals surface area (Å²) in [7, 11) is 0. The molecule has 0 aliphatic rings. The largest absolute Gasteiger partial charge is 0.321 e. The summed E-state index contributed by atoms with van der Waals surface area (Å²) in [5.74, 6) is -0.142. The fourth-order valence-corrected chi connectivity index (χ4v) is 3.76. The molecular weight excluding hydrogens is 278 g/mol. The van der Waals surface area contributed by atoms with Gasteiger partial charge in [-0.15, -0.1) is 22.7 Å². The first kappa shape index (κ1) is 12.1. The molecule has 2 aromatic heterocycles. The minimum atomic E-state index is -0.142. The van der Waals surface area contributed by atoms with Gasteiger partial charge in [-0.3, -0.25) is 9.59 Å². The number of carbonyl (C=O) groups is 2. The summed E-state index contributed by atoms with van der Waals surface area (Å²) < 4.78 is 2.24. The van der Waals surface area contributed by atoms with Gasteiger partial charge < -0.3 is 5.32 Å². The lowest BCUT2D eigenvalue weighted by molar-refractivity contribution is 0.102. The van der Waals surface area contributed by atoms with Gasteiger partial charge >= 0.3 is 0 Å². The molecule has 0 atom stereocenters. The van der Waals surface area contributed by atoms with Crippen LogP contribution in [-0.4, -0.2) is 12.2 Å². The summed E-state index contributed by atoms with van der Waals surface area (Å²) in [5, 5.41) is 4.81. The van der Waals surface area contributed by atoms with Gasteiger partial charge in [0.2, 0.25) is 0 Å². The van der Waals surface area contributed by atoms with Crippen LogP contribution in [0.1, 0.15) is 20.0 Å². The molecule has 2 heterocycles. The van der Waals surface area contributed by atoms with E-state index in [2.05, 4.69) is 5.32 Å². The second kappa shape index (κ2) is 4.95. The highest BCUT2D eigenvalue weighted by Gasteiger charge is 2.11. The van der Waals surface area contributed by atoms with Crippen LogP contribution in [-0.2, 0) is 0 Å². The Hall–Kier alpha value is -1.98. The Morgan fingerprint density at radius 1 is 1.16 bits per heavy atom. The van der Waals surface area contributed by atoms with Crippen molar-refractivity contribution < 1.29 is 9.59 Å². The van der Waals surface area contributed by atoms with Crippen LogP contribution in [0.15, 0.2) is 41.8 Å². The first-order valence-electron chi connectivity index (χ1n) is 5.60. The maximum absolute atomic E-state index is 12.1. The predicted octanol–water partition coefficient (Wildman–Crippen LogP) is 4.03. The van der Waals surface area contributed by atoms with Gasteiger partial charge in [-0.1, -0.05) is 12.1 Å². The molecule has 0 fully saturated rings. The third kappa shape index (κ3) is 2.43. The van der Waals surface area contributed by atoms with E-state index in [1.165, 1.54) is 11.3 Å². The zero-order valence-electron chi connectivity index (χ0n) is 9.75. The van der Waals surface area contributed by atoms with E-state index in [4.69, 9.17) is 0 Å². The summed E-state index contributed by atoms with van der Waals surface area (Å²) in [4.78, 5) is 23.5. The lowest BCUT2D eigenvalue weighted by Crippen LogP contribution is -2.10. The summed E-state index contributed by atoms with van der Waals surface area (Å²) in [5.41, 5.74) is 1.18. The first-order chi connectivity index (χ1) is 9.26. The predicted molar refractivity (Wildman–Crippen MR) is 79.5 cm³/mol. The molecule has 3 rings (SSSR count). The van der Waals surface area contributed by atoms with E-state index in [1.807, 2.05) is 17.5 Å². The highest BCUT2D eigenvalue weighted by Crippen LogP contribution is 2.30. The summed E-state index contributed by atoms with van der Waals surface area (Å²) in [6.45, 7) is 0. The number of rotatable bonds is 3. The number of amides is 1. The summed E-state index contributed by atoms with van der Waals surface area (Å²) in [6.07, 6.45) is 0.761. The Labute approximate surface area is 117 Å². The summed E-state index contributed by atoms with van der Waals surface area (Å²) in [6, 6.07) is 10.8. The van der Waals surface area contributed by atoms with Crippen molar-refractivity contribution in [2.75, 3.05) is 5.32 Å². The number of carbonyl (C=O) groups excluding carboxylic acids is 2. The van der Waals surface area contributed by atoms with E-state index in [1.54, 1.807) is 35.6 Å². The number of thiophene rings is 2. The maximum Gasteiger partial charge on any atom is 0.265 e. The Bertz CT molecular complexity index is 729. The fourth-order valence-electron chi connectivity index (χ4n) is 1.76. The SMILES string of the molecule is O=Cc1cccc(NC(=O)c2cc3sccc3s2)c1. The van der Waals surface area contributed by atoms with Crippen LogP contribution in [0.25, 0.3) is 9.40 Å². The minimum Gasteiger partial charge on any atom is -0.321 e. The van der Waals surface area contributed by atoms with Crippen molar-refractivity contribution in [3.63, 3.8) is 0 Å². The Balaban J connectivity index is 1.84. The minimum absolute atomic E-state index is 0.142. The molecule has 3 nitrogen and oxygen atoms in total. The molecule has 0 saturated carbocycles. The lowest BCUT2D eigenvalue weighted by Gasteiger charge is -2.03. The van der Waals surface area contributed by atoms with Crippen LogP contribution >= 0.6 is 22.7 Å². The van der Waals surface area contributed by atoms with Crippen molar-refractivity contribution in [2.24, 2.45) is 0 Å². The van der Waals surface area contributed by atoms with E-state index in [0.717, 1.165) is 15.7 Å². The van der Waals surface area contributed by atoms with Crippen molar-refractivity contribution in [3.8, 4) is 0 Å². The molecule has 3 aromatic rings. The average molecular weight is 287 g/mol. The van der Waals surface area contributed by atoms with Gasteiger partial charge in [0.25, 0.3) is 5.91 Å². The molecular formula is C14H9NO2S2. The molecule has 19 heavy (non-hydrogen) atoms. The molecule has 5 heteroatoms. The van der Waals surface area contributed by atoms with Crippen molar-refractivity contribution >= 4 is 50.0 Å². The molecule has 0 bridgehead atoms. The zero-order chi connectivity index (χ0) is 13.2. The van der Waals surface area contributed by atoms with Crippen LogP contribution in [0.3, 0.4) is 0 Å². The quantitative estimate of drug-likeness (QED) is 0.739. The van der Waals surface area contributed by atoms with Gasteiger partial charge in [-0.2, -0.15) is 0 Å². The third-order valence-electron chi connectivity index (χ3n) is 2.64. The highest BCUT2D eigenvalue weighted by atomic mass is 32.1. The molecule has 0 unspecified atom stereocenters. The number of nitrogens with one attached hydrogen (secondary N) is 1. The van der Waals surface area contributed by atoms with Gasteiger partial charge in [-0.05, 0) is 29.6 Å². The second-order valence-electron chi connectivity index (χ2n) is 3.96. The van der Waals surface area contributed by atoms with E-state index < -0.39 is 0 Å². The highest BCUT2D eigenvalue weighted by molar-refractivity contribution is 7.27. The van der Waals surface area contributed by atoms with Gasteiger partial charge in [0.1, 0.15) is 6.29 Å². The maximum atomic E-state index is 12.1. The van der Waals surface area contributed by atoms with E-state index in [9.17, 15) is 9.59 Å². The zero-order valence-corrected chi connectivity index (χ0v) is 11.4. The molecule has 1 N–H and O–H groups in total. The molecule has 1 amide bonds. The molecule has 0 radical (unpaired) electrons. The monoisotopic (exact) mass is 287 g/mol. The fraction of sp³-hybridized carbons (Fsp3) is 0. The van der Waals surface area contributed by atoms with Crippen LogP contribution in [0.5, 0.6) is 0 Å². The third-order valence-corrected chi connectivity index (χ3v) is 4.74. The smallest absolute Gasteiger partial charge is 0.265 e. The number of hydrogen-bond donors (Lipinski definition) is 1. The first-order valence-corrected chi connectivity index (χ1v) is 7.29. The van der Waals surface area contributed by atoms with Gasteiger partial charge in [-0.25, -0.2) is 0 Å². The molecule has 0 saturated heterocycles. The van der Waals surface area contributed by atoms with E-state index in [0.29, 0.717) is 16.1 Å². The van der Waals surface area contributed by atoms with E-state index >= 15 is 0 Å². The van der Waals surface area contributed by atoms with Crippen molar-refractivity contribution in [1.29, 1.82) is 0 Å². The van der Waals surface area contributed by atoms with Crippen LogP contribution in [0.2, 0.25) is 0 Å².